The average molecular weight is 241 g/mol. The second kappa shape index (κ2) is 5.63. The predicted molar refractivity (Wildman–Crippen MR) is 75.3 cm³/mol. The first-order valence-corrected chi connectivity index (χ1v) is 6.44. The van der Waals surface area contributed by atoms with E-state index in [0.29, 0.717) is 5.82 Å². The molecule has 2 rings (SSSR count). The van der Waals surface area contributed by atoms with Gasteiger partial charge in [-0.1, -0.05) is 38.5 Å². The van der Waals surface area contributed by atoms with Crippen molar-refractivity contribution in [1.29, 1.82) is 0 Å². The van der Waals surface area contributed by atoms with Crippen LogP contribution in [0.3, 0.4) is 0 Å². The van der Waals surface area contributed by atoms with Gasteiger partial charge in [0.2, 0.25) is 0 Å². The summed E-state index contributed by atoms with van der Waals surface area (Å²) in [6, 6.07) is 8.47. The van der Waals surface area contributed by atoms with Gasteiger partial charge in [-0.25, -0.2) is 9.97 Å². The fourth-order valence-corrected chi connectivity index (χ4v) is 2.11. The van der Waals surface area contributed by atoms with E-state index in [1.807, 2.05) is 0 Å². The van der Waals surface area contributed by atoms with Gasteiger partial charge in [0, 0.05) is 11.1 Å². The molecule has 1 aromatic carbocycles. The molecule has 0 radical (unpaired) electrons. The molecule has 0 aliphatic carbocycles. The first kappa shape index (κ1) is 12.6. The molecule has 0 fully saturated rings. The fraction of sp³-hybridized carbons (Fsp3) is 0.333. The van der Waals surface area contributed by atoms with E-state index < -0.39 is 0 Å². The van der Waals surface area contributed by atoms with Crippen molar-refractivity contribution in [2.75, 3.05) is 5.73 Å². The number of hydrogen-bond acceptors (Lipinski definition) is 3. The van der Waals surface area contributed by atoms with Gasteiger partial charge in [0.05, 0.1) is 5.69 Å². The Labute approximate surface area is 108 Å². The highest BCUT2D eigenvalue weighted by molar-refractivity contribution is 5.67. The summed E-state index contributed by atoms with van der Waals surface area (Å²) in [5.41, 5.74) is 10.4. The summed E-state index contributed by atoms with van der Waals surface area (Å²) in [5, 5.41) is 0. The van der Waals surface area contributed by atoms with Crippen molar-refractivity contribution < 1.29 is 0 Å². The van der Waals surface area contributed by atoms with Crippen LogP contribution in [0.25, 0.3) is 11.3 Å². The van der Waals surface area contributed by atoms with Gasteiger partial charge < -0.3 is 5.73 Å². The minimum Gasteiger partial charge on any atom is -0.383 e. The summed E-state index contributed by atoms with van der Waals surface area (Å²) in [6.45, 7) is 4.29. The van der Waals surface area contributed by atoms with Crippen LogP contribution in [0.2, 0.25) is 0 Å². The van der Waals surface area contributed by atoms with E-state index in [9.17, 15) is 0 Å². The molecule has 2 aromatic rings. The average Bonchev–Trinajstić information content (AvgIpc) is 2.41. The third-order valence-corrected chi connectivity index (χ3v) is 3.09. The van der Waals surface area contributed by atoms with E-state index in [4.69, 9.17) is 5.73 Å². The summed E-state index contributed by atoms with van der Waals surface area (Å²) in [5.74, 6) is 0.601. The molecule has 0 amide bonds. The van der Waals surface area contributed by atoms with Gasteiger partial charge in [0.25, 0.3) is 0 Å². The maximum Gasteiger partial charge on any atom is 0.130 e. The van der Waals surface area contributed by atoms with E-state index in [1.54, 1.807) is 6.33 Å². The van der Waals surface area contributed by atoms with Gasteiger partial charge in [-0.15, -0.1) is 0 Å². The van der Waals surface area contributed by atoms with Crippen LogP contribution in [-0.4, -0.2) is 9.97 Å². The molecule has 1 aromatic heterocycles. The fourth-order valence-electron chi connectivity index (χ4n) is 2.11. The van der Waals surface area contributed by atoms with Gasteiger partial charge in [0.1, 0.15) is 12.1 Å². The lowest BCUT2D eigenvalue weighted by molar-refractivity contribution is 0.908. The van der Waals surface area contributed by atoms with Crippen molar-refractivity contribution in [1.82, 2.24) is 9.97 Å². The van der Waals surface area contributed by atoms with Crippen molar-refractivity contribution in [2.24, 2.45) is 0 Å². The van der Waals surface area contributed by atoms with E-state index >= 15 is 0 Å². The van der Waals surface area contributed by atoms with Crippen molar-refractivity contribution in [2.45, 2.75) is 33.1 Å². The van der Waals surface area contributed by atoms with Gasteiger partial charge in [-0.05, 0) is 24.5 Å². The van der Waals surface area contributed by atoms with E-state index in [0.717, 1.165) is 36.1 Å². The number of rotatable bonds is 4. The van der Waals surface area contributed by atoms with Crippen LogP contribution in [0, 0.1) is 0 Å². The second-order valence-electron chi connectivity index (χ2n) is 4.39. The Morgan fingerprint density at radius 1 is 1.17 bits per heavy atom. The summed E-state index contributed by atoms with van der Waals surface area (Å²) in [7, 11) is 0. The van der Waals surface area contributed by atoms with Crippen molar-refractivity contribution in [3.8, 4) is 11.3 Å². The molecule has 0 unspecified atom stereocenters. The second-order valence-corrected chi connectivity index (χ2v) is 4.39. The smallest absolute Gasteiger partial charge is 0.130 e. The zero-order chi connectivity index (χ0) is 13.0. The standard InChI is InChI=1S/C15H19N3/c1-3-6-13-14(17-10-18-15(13)16)12-8-5-7-11(4-2)9-12/h5,7-10H,3-4,6H2,1-2H3,(H2,16,17,18). The van der Waals surface area contributed by atoms with Gasteiger partial charge in [-0.3, -0.25) is 0 Å². The topological polar surface area (TPSA) is 51.8 Å². The Bertz CT molecular complexity index is 535. The third-order valence-electron chi connectivity index (χ3n) is 3.09. The number of hydrogen-bond donors (Lipinski definition) is 1. The van der Waals surface area contributed by atoms with Crippen LogP contribution < -0.4 is 5.73 Å². The highest BCUT2D eigenvalue weighted by Crippen LogP contribution is 2.26. The summed E-state index contributed by atoms with van der Waals surface area (Å²) < 4.78 is 0. The normalized spacial score (nSPS) is 10.6. The third kappa shape index (κ3) is 2.50. The first-order valence-electron chi connectivity index (χ1n) is 6.44. The number of anilines is 1. The molecule has 3 heteroatoms. The largest absolute Gasteiger partial charge is 0.383 e. The SMILES string of the molecule is CCCc1c(N)ncnc1-c1cccc(CC)c1. The highest BCUT2D eigenvalue weighted by atomic mass is 14.9. The Morgan fingerprint density at radius 3 is 2.72 bits per heavy atom. The van der Waals surface area contributed by atoms with Crippen LogP contribution in [-0.2, 0) is 12.8 Å². The molecular weight excluding hydrogens is 222 g/mol. The number of nitrogens with zero attached hydrogens (tertiary/aromatic N) is 2. The number of aryl methyl sites for hydroxylation is 1. The van der Waals surface area contributed by atoms with Crippen molar-refractivity contribution in [3.05, 3.63) is 41.7 Å². The molecule has 0 aliphatic rings. The highest BCUT2D eigenvalue weighted by Gasteiger charge is 2.10. The van der Waals surface area contributed by atoms with E-state index in [-0.39, 0.29) is 0 Å². The molecule has 0 spiro atoms. The summed E-state index contributed by atoms with van der Waals surface area (Å²) >= 11 is 0. The maximum absolute atomic E-state index is 5.96. The number of nitrogens with two attached hydrogens (primary N) is 1. The number of nitrogen functional groups attached to an aromatic ring is 1. The lowest BCUT2D eigenvalue weighted by atomic mass is 10.0. The van der Waals surface area contributed by atoms with Crippen LogP contribution >= 0.6 is 0 Å². The molecule has 0 aliphatic heterocycles. The van der Waals surface area contributed by atoms with Crippen LogP contribution in [0.15, 0.2) is 30.6 Å². The number of benzene rings is 1. The van der Waals surface area contributed by atoms with Crippen LogP contribution in [0.1, 0.15) is 31.4 Å². The summed E-state index contributed by atoms with van der Waals surface area (Å²) in [6.07, 6.45) is 4.52. The minimum absolute atomic E-state index is 0.601. The van der Waals surface area contributed by atoms with Gasteiger partial charge in [-0.2, -0.15) is 0 Å². The quantitative estimate of drug-likeness (QED) is 0.894. The Balaban J connectivity index is 2.52. The minimum atomic E-state index is 0.601. The predicted octanol–water partition coefficient (Wildman–Crippen LogP) is 3.24. The monoisotopic (exact) mass is 241 g/mol. The van der Waals surface area contributed by atoms with Gasteiger partial charge in [0.15, 0.2) is 0 Å². The molecular formula is C15H19N3. The lowest BCUT2D eigenvalue weighted by Crippen LogP contribution is -2.02. The molecule has 0 bridgehead atoms. The molecule has 0 saturated heterocycles. The molecule has 2 N–H and O–H groups in total. The van der Waals surface area contributed by atoms with Crippen LogP contribution in [0.5, 0.6) is 0 Å². The van der Waals surface area contributed by atoms with Crippen molar-refractivity contribution in [3.63, 3.8) is 0 Å². The van der Waals surface area contributed by atoms with Crippen LogP contribution in [0.4, 0.5) is 5.82 Å². The van der Waals surface area contributed by atoms with E-state index in [1.165, 1.54) is 5.56 Å². The first-order chi connectivity index (χ1) is 8.76. The number of aromatic nitrogens is 2. The molecule has 0 saturated carbocycles. The molecule has 94 valence electrons. The molecule has 18 heavy (non-hydrogen) atoms. The van der Waals surface area contributed by atoms with E-state index in [2.05, 4.69) is 48.1 Å². The Hall–Kier alpha value is -1.90. The summed E-state index contributed by atoms with van der Waals surface area (Å²) in [4.78, 5) is 8.51. The Kier molecular flexibility index (Phi) is 3.92. The van der Waals surface area contributed by atoms with Crippen molar-refractivity contribution >= 4 is 5.82 Å². The lowest BCUT2D eigenvalue weighted by Gasteiger charge is -2.10. The zero-order valence-electron chi connectivity index (χ0n) is 11.0. The zero-order valence-corrected chi connectivity index (χ0v) is 11.0. The van der Waals surface area contributed by atoms with Gasteiger partial charge >= 0.3 is 0 Å². The molecule has 1 heterocycles. The Morgan fingerprint density at radius 2 is 2.00 bits per heavy atom. The molecule has 0 atom stereocenters. The molecule has 3 nitrogen and oxygen atoms in total. The maximum atomic E-state index is 5.96.